The maximum atomic E-state index is 16.7. The van der Waals surface area contributed by atoms with Crippen LogP contribution in [-0.4, -0.2) is 127 Å². The normalized spacial score (nSPS) is 17.0. The number of fused-ring (bicyclic) bond motifs is 4. The van der Waals surface area contributed by atoms with Gasteiger partial charge in [-0.1, -0.05) is 0 Å². The zero-order valence-electron chi connectivity index (χ0n) is 31.5. The Morgan fingerprint density at radius 1 is 1.09 bits per heavy atom. The van der Waals surface area contributed by atoms with Gasteiger partial charge in [0.15, 0.2) is 0 Å². The molecule has 3 amide bonds. The molecule has 3 aliphatic rings. The molecule has 2 N–H and O–H groups in total. The molecule has 1 aromatic carbocycles. The summed E-state index contributed by atoms with van der Waals surface area (Å²) >= 11 is -5.03. The second-order valence-electron chi connectivity index (χ2n) is 13.9. The van der Waals surface area contributed by atoms with Crippen molar-refractivity contribution in [2.75, 3.05) is 46.8 Å². The number of nitrogens with zero attached hydrogens (tertiary/aromatic N) is 2. The Labute approximate surface area is 327 Å². The molecule has 3 heterocycles. The summed E-state index contributed by atoms with van der Waals surface area (Å²) in [6.07, 6.45) is -4.61. The van der Waals surface area contributed by atoms with Crippen molar-refractivity contribution in [2.45, 2.75) is 68.9 Å². The van der Waals surface area contributed by atoms with Gasteiger partial charge in [-0.05, 0) is 0 Å². The summed E-state index contributed by atoms with van der Waals surface area (Å²) in [4.78, 5) is 52.8. The number of rotatable bonds is 17. The van der Waals surface area contributed by atoms with Gasteiger partial charge in [0.2, 0.25) is 0 Å². The first-order valence-electron chi connectivity index (χ1n) is 16.7. The van der Waals surface area contributed by atoms with E-state index in [9.17, 15) is 36.0 Å². The van der Waals surface area contributed by atoms with Crippen LogP contribution in [0.3, 0.4) is 0 Å². The van der Waals surface area contributed by atoms with Gasteiger partial charge in [-0.15, -0.1) is 0 Å². The van der Waals surface area contributed by atoms with E-state index in [-0.39, 0.29) is 48.7 Å². The second kappa shape index (κ2) is 18.5. The summed E-state index contributed by atoms with van der Waals surface area (Å²) in [5.41, 5.74) is -2.43. The summed E-state index contributed by atoms with van der Waals surface area (Å²) in [6.45, 7) is 13.8. The van der Waals surface area contributed by atoms with E-state index < -0.39 is 117 Å². The van der Waals surface area contributed by atoms with Crippen LogP contribution in [-0.2, 0) is 60.1 Å². The number of carbonyl (C=O) groups excluding carboxylic acids is 4. The number of hydrogen-bond acceptors (Lipinski definition) is 15. The Balaban J connectivity index is 2.26. The van der Waals surface area contributed by atoms with Gasteiger partial charge in [-0.25, -0.2) is 0 Å². The van der Waals surface area contributed by atoms with Crippen molar-refractivity contribution in [2.24, 2.45) is 0 Å². The van der Waals surface area contributed by atoms with E-state index in [0.29, 0.717) is 0 Å². The Hall–Kier alpha value is -3.64. The molecule has 0 spiro atoms. The maximum absolute atomic E-state index is 16.7. The third-order valence-corrected chi connectivity index (χ3v) is 23.9. The number of benzene rings is 1. The molecule has 0 aromatic heterocycles. The summed E-state index contributed by atoms with van der Waals surface area (Å²) < 4.78 is 111. The zero-order chi connectivity index (χ0) is 41.5. The summed E-state index contributed by atoms with van der Waals surface area (Å²) in [5, 5.41) is 2.51. The Kier molecular flexibility index (Phi) is 15.4. The molecule has 2 atom stereocenters. The first kappa shape index (κ1) is 45.7. The van der Waals surface area contributed by atoms with Crippen LogP contribution in [0, 0.1) is 5.82 Å². The molecule has 0 saturated heterocycles. The molecule has 0 radical (unpaired) electrons. The molecule has 0 aliphatic carbocycles. The molecule has 23 heteroatoms. The standard InChI is InChI=1S/C32H47FN4O15S2.In/c1-10-17-48-30(41)37(53(42,43)35-20-25(38)51-31(3,4)5)54(44,45)36-29(40)50-23(11-2)26-24(49-21-47-19-18-46-9)15-14-22(27(26)33)13-12-16-34-28(39)52-32(6,7)8;/h10-12,15,23,35H,1-2,13,16-21H2,3-9H3,(H2,34,36,39,40);/q;+1/p-1. The van der Waals surface area contributed by atoms with Crippen LogP contribution in [0.2, 0.25) is 3.67 Å². The van der Waals surface area contributed by atoms with Gasteiger partial charge in [0.1, 0.15) is 0 Å². The monoisotopic (exact) mass is 924 g/mol. The first-order chi connectivity index (χ1) is 25.5. The predicted octanol–water partition coefficient (Wildman–Crippen LogP) is 2.20. The second-order valence-corrected chi connectivity index (χ2v) is 27.0. The summed E-state index contributed by atoms with van der Waals surface area (Å²) in [6, 6.07) is 1.30. The molecule has 0 fully saturated rings. The van der Waals surface area contributed by atoms with E-state index in [2.05, 4.69) is 18.5 Å². The fraction of sp³-hybridized carbons (Fsp3) is 0.562. The number of halogens is 1. The van der Waals surface area contributed by atoms with Crippen molar-refractivity contribution in [3.05, 3.63) is 48.3 Å². The van der Waals surface area contributed by atoms with Gasteiger partial charge in [-0.3, -0.25) is 0 Å². The molecule has 55 heavy (non-hydrogen) atoms. The van der Waals surface area contributed by atoms with Gasteiger partial charge in [0.25, 0.3) is 0 Å². The van der Waals surface area contributed by atoms with Gasteiger partial charge >= 0.3 is 329 Å². The molecule has 3 aliphatic heterocycles. The SMILES string of the molecule is C=CCOC(=O)N(S(=O)(=O)NCC(=O)OC(C)(C)C)S(=O)(=O)[N]1C(=O)OC(C=C)c2c(OCOCCOC)c[c]3c(c2F)C[CH](CNC(=O)OC(C)(C)C)[In]31. The number of hydrogen-bond donors (Lipinski definition) is 2. The molecular formula is C32H46FInN4O15S2. The number of carbonyl (C=O) groups is 4. The van der Waals surface area contributed by atoms with E-state index >= 15 is 4.39 Å². The summed E-state index contributed by atoms with van der Waals surface area (Å²) in [5.74, 6) is -2.29. The van der Waals surface area contributed by atoms with Crippen molar-refractivity contribution in [1.29, 1.82) is 0 Å². The van der Waals surface area contributed by atoms with E-state index in [1.54, 1.807) is 25.5 Å². The Morgan fingerprint density at radius 3 is 2.33 bits per heavy atom. The number of esters is 1. The Bertz CT molecular complexity index is 1870. The van der Waals surface area contributed by atoms with Crippen molar-refractivity contribution < 1.29 is 73.6 Å². The van der Waals surface area contributed by atoms with Gasteiger partial charge in [0, 0.05) is 0 Å². The average molecular weight is 925 g/mol. The van der Waals surface area contributed by atoms with Crippen LogP contribution in [0.4, 0.5) is 18.8 Å². The zero-order valence-corrected chi connectivity index (χ0v) is 36.5. The molecular weight excluding hydrogens is 878 g/mol. The van der Waals surface area contributed by atoms with Crippen molar-refractivity contribution in [3.63, 3.8) is 0 Å². The third-order valence-electron chi connectivity index (χ3n) is 7.40. The van der Waals surface area contributed by atoms with Crippen molar-refractivity contribution in [3.8, 4) is 5.75 Å². The minimum atomic E-state index is -5.94. The quantitative estimate of drug-likeness (QED) is 0.0750. The first-order valence-corrected chi connectivity index (χ1v) is 24.5. The molecule has 4 bridgehead atoms. The van der Waals surface area contributed by atoms with E-state index in [4.69, 9.17) is 33.2 Å². The fourth-order valence-corrected chi connectivity index (χ4v) is 23.1. The number of alkyl carbamates (subject to hydrolysis) is 1. The number of amides is 3. The number of nitrogens with one attached hydrogen (secondary N) is 2. The third kappa shape index (κ3) is 11.7. The van der Waals surface area contributed by atoms with Crippen LogP contribution in [0.1, 0.15) is 58.8 Å². The molecule has 306 valence electrons. The number of ether oxygens (including phenoxy) is 7. The average Bonchev–Trinajstić information content (AvgIpc) is 3.43. The van der Waals surface area contributed by atoms with Crippen LogP contribution >= 0.6 is 0 Å². The van der Waals surface area contributed by atoms with Crippen LogP contribution < -0.4 is 18.1 Å². The Morgan fingerprint density at radius 2 is 1.75 bits per heavy atom. The van der Waals surface area contributed by atoms with Gasteiger partial charge in [0.05, 0.1) is 0 Å². The predicted molar refractivity (Wildman–Crippen MR) is 193 cm³/mol. The van der Waals surface area contributed by atoms with Crippen LogP contribution in [0.15, 0.2) is 31.4 Å². The van der Waals surface area contributed by atoms with Crippen LogP contribution in [0.5, 0.6) is 5.75 Å². The van der Waals surface area contributed by atoms with Gasteiger partial charge < -0.3 is 0 Å². The van der Waals surface area contributed by atoms with E-state index in [1.807, 2.05) is 0 Å². The molecule has 2 unspecified atom stereocenters. The number of methoxy groups -OCH3 is 1. The molecule has 0 saturated carbocycles. The van der Waals surface area contributed by atoms with Crippen molar-refractivity contribution >= 4 is 69.7 Å². The summed E-state index contributed by atoms with van der Waals surface area (Å²) in [7, 11) is -10.1. The van der Waals surface area contributed by atoms with Gasteiger partial charge in [-0.2, -0.15) is 0 Å². The minimum absolute atomic E-state index is 0.00492. The van der Waals surface area contributed by atoms with Crippen molar-refractivity contribution in [1.82, 2.24) is 16.0 Å². The molecule has 19 nitrogen and oxygen atoms in total. The fourth-order valence-electron chi connectivity index (χ4n) is 5.43. The van der Waals surface area contributed by atoms with E-state index in [1.165, 1.54) is 33.9 Å². The van der Waals surface area contributed by atoms with Crippen LogP contribution in [0.25, 0.3) is 0 Å². The molecule has 4 rings (SSSR count). The molecule has 1 aromatic rings. The topological polar surface area (TPSA) is 232 Å². The van der Waals surface area contributed by atoms with E-state index in [0.717, 1.165) is 12.2 Å².